The first-order valence-corrected chi connectivity index (χ1v) is 10.1. The summed E-state index contributed by atoms with van der Waals surface area (Å²) in [6.45, 7) is 0.140. The minimum absolute atomic E-state index is 0.225. The Morgan fingerprint density at radius 1 is 0.935 bits per heavy atom. The van der Waals surface area contributed by atoms with Crippen LogP contribution in [0.3, 0.4) is 0 Å². The van der Waals surface area contributed by atoms with E-state index >= 15 is 0 Å². The molecule has 3 aromatic carbocycles. The minimum atomic E-state index is -0.466. The van der Waals surface area contributed by atoms with Gasteiger partial charge >= 0.3 is 0 Å². The third-order valence-electron chi connectivity index (χ3n) is 4.12. The number of rotatable bonds is 8. The minimum Gasteiger partial charge on any atom is -0.488 e. The Labute approximate surface area is 189 Å². The first-order chi connectivity index (χ1) is 15.0. The summed E-state index contributed by atoms with van der Waals surface area (Å²) in [5, 5.41) is 7.56. The summed E-state index contributed by atoms with van der Waals surface area (Å²) in [4.78, 5) is 24.0. The Balaban J connectivity index is 1.50. The third kappa shape index (κ3) is 7.13. The van der Waals surface area contributed by atoms with Gasteiger partial charge in [-0.15, -0.1) is 0 Å². The van der Waals surface area contributed by atoms with Gasteiger partial charge in [-0.1, -0.05) is 53.5 Å². The maximum atomic E-state index is 12.0. The number of hydrogen-bond donors (Lipinski definition) is 2. The smallest absolute Gasteiger partial charge is 0.259 e. The number of carbonyl (C=O) groups is 2. The molecule has 0 aromatic heterocycles. The molecule has 0 heterocycles. The summed E-state index contributed by atoms with van der Waals surface area (Å²) in [5.74, 6) is -0.251. The summed E-state index contributed by atoms with van der Waals surface area (Å²) >= 11 is 11.8. The van der Waals surface area contributed by atoms with Crippen molar-refractivity contribution < 1.29 is 14.3 Å². The van der Waals surface area contributed by atoms with Crippen LogP contribution in [0.2, 0.25) is 10.0 Å². The molecule has 158 valence electrons. The standard InChI is InChI=1S/C23H19Cl2N3O3/c24-19-10-8-16(9-11-19)15-31-21-7-2-1-4-18(21)13-27-28-22(29)14-26-23(30)17-5-3-6-20(25)12-17/h1-13H,14-15H2,(H,26,30)(H,28,29). The molecule has 0 aliphatic rings. The van der Waals surface area contributed by atoms with Gasteiger partial charge < -0.3 is 10.1 Å². The normalized spacial score (nSPS) is 10.6. The fourth-order valence-electron chi connectivity index (χ4n) is 2.57. The van der Waals surface area contributed by atoms with Crippen molar-refractivity contribution in [3.8, 4) is 5.75 Å². The molecular weight excluding hydrogens is 437 g/mol. The van der Waals surface area contributed by atoms with E-state index in [1.807, 2.05) is 36.4 Å². The van der Waals surface area contributed by atoms with Crippen LogP contribution in [0.4, 0.5) is 0 Å². The van der Waals surface area contributed by atoms with Crippen LogP contribution in [0.1, 0.15) is 21.5 Å². The Morgan fingerprint density at radius 2 is 1.71 bits per heavy atom. The predicted octanol–water partition coefficient (Wildman–Crippen LogP) is 4.45. The molecule has 0 unspecified atom stereocenters. The Bertz CT molecular complexity index is 1090. The number of nitrogens with zero attached hydrogens (tertiary/aromatic N) is 1. The first-order valence-electron chi connectivity index (χ1n) is 9.33. The lowest BCUT2D eigenvalue weighted by Gasteiger charge is -2.09. The van der Waals surface area contributed by atoms with Crippen LogP contribution in [-0.4, -0.2) is 24.6 Å². The van der Waals surface area contributed by atoms with E-state index in [0.717, 1.165) is 5.56 Å². The number of hydrogen-bond acceptors (Lipinski definition) is 4. The predicted molar refractivity (Wildman–Crippen MR) is 122 cm³/mol. The molecular formula is C23H19Cl2N3O3. The molecule has 0 saturated carbocycles. The van der Waals surface area contributed by atoms with E-state index in [1.165, 1.54) is 12.3 Å². The van der Waals surface area contributed by atoms with Gasteiger partial charge in [0.1, 0.15) is 12.4 Å². The molecule has 3 aromatic rings. The quantitative estimate of drug-likeness (QED) is 0.388. The van der Waals surface area contributed by atoms with Gasteiger partial charge in [0.05, 0.1) is 12.8 Å². The lowest BCUT2D eigenvalue weighted by molar-refractivity contribution is -0.120. The number of halogens is 2. The number of nitrogens with one attached hydrogen (secondary N) is 2. The molecule has 0 saturated heterocycles. The van der Waals surface area contributed by atoms with Gasteiger partial charge in [-0.3, -0.25) is 9.59 Å². The lowest BCUT2D eigenvalue weighted by atomic mass is 10.2. The maximum absolute atomic E-state index is 12.0. The van der Waals surface area contributed by atoms with E-state index in [2.05, 4.69) is 15.8 Å². The van der Waals surface area contributed by atoms with Gasteiger partial charge in [0.2, 0.25) is 0 Å². The van der Waals surface area contributed by atoms with E-state index in [0.29, 0.717) is 33.5 Å². The highest BCUT2D eigenvalue weighted by Gasteiger charge is 2.08. The van der Waals surface area contributed by atoms with Gasteiger partial charge in [-0.2, -0.15) is 5.10 Å². The van der Waals surface area contributed by atoms with Crippen molar-refractivity contribution in [2.75, 3.05) is 6.54 Å². The van der Waals surface area contributed by atoms with E-state index in [1.54, 1.807) is 30.3 Å². The molecule has 3 rings (SSSR count). The van der Waals surface area contributed by atoms with Crippen LogP contribution in [-0.2, 0) is 11.4 Å². The van der Waals surface area contributed by atoms with Crippen LogP contribution in [0.5, 0.6) is 5.75 Å². The summed E-state index contributed by atoms with van der Waals surface area (Å²) in [6, 6.07) is 21.1. The van der Waals surface area contributed by atoms with E-state index in [-0.39, 0.29) is 6.54 Å². The first kappa shape index (κ1) is 22.3. The average Bonchev–Trinajstić information content (AvgIpc) is 2.78. The van der Waals surface area contributed by atoms with E-state index in [9.17, 15) is 9.59 Å². The molecule has 0 spiro atoms. The van der Waals surface area contributed by atoms with Gasteiger partial charge in [0, 0.05) is 21.2 Å². The number of hydrazone groups is 1. The second kappa shape index (κ2) is 11.2. The molecule has 0 aliphatic carbocycles. The fraction of sp³-hybridized carbons (Fsp3) is 0.0870. The molecule has 0 atom stereocenters. The van der Waals surface area contributed by atoms with Crippen molar-refractivity contribution in [1.29, 1.82) is 0 Å². The molecule has 6 nitrogen and oxygen atoms in total. The SMILES string of the molecule is O=C(CNC(=O)c1cccc(Cl)c1)NN=Cc1ccccc1OCc1ccc(Cl)cc1. The van der Waals surface area contributed by atoms with E-state index < -0.39 is 11.8 Å². The highest BCUT2D eigenvalue weighted by molar-refractivity contribution is 6.31. The van der Waals surface area contributed by atoms with Crippen LogP contribution in [0, 0.1) is 0 Å². The van der Waals surface area contributed by atoms with Crippen LogP contribution < -0.4 is 15.5 Å². The largest absolute Gasteiger partial charge is 0.488 e. The lowest BCUT2D eigenvalue weighted by Crippen LogP contribution is -2.34. The zero-order valence-corrected chi connectivity index (χ0v) is 17.9. The average molecular weight is 456 g/mol. The van der Waals surface area contributed by atoms with Crippen molar-refractivity contribution in [2.24, 2.45) is 5.10 Å². The summed E-state index contributed by atoms with van der Waals surface area (Å²) < 4.78 is 5.84. The zero-order valence-electron chi connectivity index (χ0n) is 16.3. The van der Waals surface area contributed by atoms with Crippen molar-refractivity contribution in [3.05, 3.63) is 99.5 Å². The molecule has 2 N–H and O–H groups in total. The summed E-state index contributed by atoms with van der Waals surface area (Å²) in [7, 11) is 0. The number of amides is 2. The molecule has 8 heteroatoms. The molecule has 0 bridgehead atoms. The number of benzene rings is 3. The number of ether oxygens (including phenoxy) is 1. The Kier molecular flexibility index (Phi) is 8.04. The van der Waals surface area contributed by atoms with Crippen molar-refractivity contribution in [3.63, 3.8) is 0 Å². The monoisotopic (exact) mass is 455 g/mol. The topological polar surface area (TPSA) is 79.8 Å². The summed E-state index contributed by atoms with van der Waals surface area (Å²) in [5.41, 5.74) is 4.41. The van der Waals surface area contributed by atoms with Crippen LogP contribution in [0.15, 0.2) is 77.9 Å². The van der Waals surface area contributed by atoms with Gasteiger partial charge in [-0.05, 0) is 48.0 Å². The molecule has 0 radical (unpaired) electrons. The Morgan fingerprint density at radius 3 is 2.48 bits per heavy atom. The summed E-state index contributed by atoms with van der Waals surface area (Å²) in [6.07, 6.45) is 1.48. The van der Waals surface area contributed by atoms with Crippen LogP contribution in [0.25, 0.3) is 0 Å². The second-order valence-electron chi connectivity index (χ2n) is 6.44. The van der Waals surface area contributed by atoms with Gasteiger partial charge in [0.25, 0.3) is 11.8 Å². The maximum Gasteiger partial charge on any atom is 0.259 e. The molecule has 0 aliphatic heterocycles. The van der Waals surface area contributed by atoms with Crippen molar-refractivity contribution >= 4 is 41.2 Å². The molecule has 0 fully saturated rings. The van der Waals surface area contributed by atoms with Crippen molar-refractivity contribution in [1.82, 2.24) is 10.7 Å². The second-order valence-corrected chi connectivity index (χ2v) is 7.31. The van der Waals surface area contributed by atoms with Gasteiger partial charge in [-0.25, -0.2) is 5.43 Å². The fourth-order valence-corrected chi connectivity index (χ4v) is 2.88. The molecule has 31 heavy (non-hydrogen) atoms. The highest BCUT2D eigenvalue weighted by atomic mass is 35.5. The van der Waals surface area contributed by atoms with Gasteiger partial charge in [0.15, 0.2) is 0 Å². The Hall–Kier alpha value is -3.35. The number of carbonyl (C=O) groups excluding carboxylic acids is 2. The van der Waals surface area contributed by atoms with Crippen LogP contribution >= 0.6 is 23.2 Å². The highest BCUT2D eigenvalue weighted by Crippen LogP contribution is 2.18. The van der Waals surface area contributed by atoms with E-state index in [4.69, 9.17) is 27.9 Å². The van der Waals surface area contributed by atoms with Crippen molar-refractivity contribution in [2.45, 2.75) is 6.61 Å². The number of para-hydroxylation sites is 1. The third-order valence-corrected chi connectivity index (χ3v) is 4.60. The zero-order chi connectivity index (χ0) is 22.1. The molecule has 2 amide bonds.